The molecule has 5 nitrogen and oxygen atoms in total. The fourth-order valence-corrected chi connectivity index (χ4v) is 3.70. The summed E-state index contributed by atoms with van der Waals surface area (Å²) in [5.74, 6) is 1.56. The van der Waals surface area contributed by atoms with Gasteiger partial charge in [0.15, 0.2) is 0 Å². The molecule has 0 spiro atoms. The number of rotatable bonds is 6. The molecule has 0 aromatic rings. The van der Waals surface area contributed by atoms with Crippen LogP contribution in [0.3, 0.4) is 0 Å². The molecule has 114 valence electrons. The van der Waals surface area contributed by atoms with Gasteiger partial charge in [-0.1, -0.05) is 19.8 Å². The van der Waals surface area contributed by atoms with Gasteiger partial charge in [-0.3, -0.25) is 4.79 Å². The average molecular weight is 300 g/mol. The van der Waals surface area contributed by atoms with Gasteiger partial charge in [-0.2, -0.15) is 11.8 Å². The second kappa shape index (κ2) is 7.20. The molecule has 1 heterocycles. The first-order valence-electron chi connectivity index (χ1n) is 7.46. The van der Waals surface area contributed by atoms with Crippen LogP contribution >= 0.6 is 11.8 Å². The van der Waals surface area contributed by atoms with Gasteiger partial charge in [0.25, 0.3) is 0 Å². The zero-order valence-electron chi connectivity index (χ0n) is 12.0. The van der Waals surface area contributed by atoms with Gasteiger partial charge in [0.05, 0.1) is 12.5 Å². The number of urea groups is 1. The Kier molecular flexibility index (Phi) is 5.57. The zero-order chi connectivity index (χ0) is 14.5. The zero-order valence-corrected chi connectivity index (χ0v) is 12.8. The van der Waals surface area contributed by atoms with E-state index in [1.807, 2.05) is 0 Å². The Morgan fingerprint density at radius 3 is 2.80 bits per heavy atom. The van der Waals surface area contributed by atoms with Crippen LogP contribution in [0.4, 0.5) is 4.79 Å². The maximum atomic E-state index is 12.4. The highest BCUT2D eigenvalue weighted by atomic mass is 32.2. The molecule has 2 amide bonds. The van der Waals surface area contributed by atoms with Gasteiger partial charge >= 0.3 is 12.0 Å². The van der Waals surface area contributed by atoms with E-state index in [4.69, 9.17) is 5.11 Å². The van der Waals surface area contributed by atoms with E-state index in [0.717, 1.165) is 30.3 Å². The van der Waals surface area contributed by atoms with Crippen molar-refractivity contribution < 1.29 is 14.7 Å². The minimum Gasteiger partial charge on any atom is -0.481 e. The van der Waals surface area contributed by atoms with E-state index in [9.17, 15) is 9.59 Å². The Bertz CT molecular complexity index is 360. The van der Waals surface area contributed by atoms with E-state index in [1.54, 1.807) is 16.7 Å². The van der Waals surface area contributed by atoms with Gasteiger partial charge in [-0.15, -0.1) is 0 Å². The molecule has 2 rings (SSSR count). The normalized spacial score (nSPS) is 24.2. The number of carbonyl (C=O) groups excluding carboxylic acids is 1. The molecule has 0 radical (unpaired) electrons. The largest absolute Gasteiger partial charge is 0.481 e. The minimum atomic E-state index is -0.833. The van der Waals surface area contributed by atoms with Crippen molar-refractivity contribution in [1.29, 1.82) is 0 Å². The molecule has 1 saturated heterocycles. The predicted octanol–water partition coefficient (Wildman–Crippen LogP) is 2.17. The van der Waals surface area contributed by atoms with Crippen molar-refractivity contribution >= 4 is 23.8 Å². The molecule has 20 heavy (non-hydrogen) atoms. The number of aliphatic carboxylic acids is 1. The predicted molar refractivity (Wildman–Crippen MR) is 80.0 cm³/mol. The van der Waals surface area contributed by atoms with Gasteiger partial charge in [-0.05, 0) is 18.8 Å². The first-order chi connectivity index (χ1) is 9.60. The first-order valence-corrected chi connectivity index (χ1v) is 8.62. The van der Waals surface area contributed by atoms with Gasteiger partial charge in [0, 0.05) is 24.1 Å². The van der Waals surface area contributed by atoms with Crippen molar-refractivity contribution in [3.8, 4) is 0 Å². The Morgan fingerprint density at radius 2 is 2.20 bits per heavy atom. The third-order valence-electron chi connectivity index (χ3n) is 4.03. The summed E-state index contributed by atoms with van der Waals surface area (Å²) >= 11 is 1.73. The molecule has 6 heteroatoms. The van der Waals surface area contributed by atoms with E-state index >= 15 is 0 Å². The highest BCUT2D eigenvalue weighted by Crippen LogP contribution is 2.34. The summed E-state index contributed by atoms with van der Waals surface area (Å²) in [4.78, 5) is 25.0. The van der Waals surface area contributed by atoms with Crippen LogP contribution in [-0.2, 0) is 4.79 Å². The molecule has 0 aromatic heterocycles. The summed E-state index contributed by atoms with van der Waals surface area (Å²) in [5, 5.41) is 12.0. The van der Waals surface area contributed by atoms with Crippen LogP contribution < -0.4 is 5.32 Å². The molecule has 2 aliphatic rings. The van der Waals surface area contributed by atoms with Crippen LogP contribution in [0.1, 0.15) is 39.0 Å². The van der Waals surface area contributed by atoms with Gasteiger partial charge in [0.2, 0.25) is 0 Å². The van der Waals surface area contributed by atoms with Crippen molar-refractivity contribution in [2.45, 2.75) is 51.1 Å². The third-order valence-corrected chi connectivity index (χ3v) is 5.13. The van der Waals surface area contributed by atoms with Crippen LogP contribution in [0.5, 0.6) is 0 Å². The number of amides is 2. The number of hydrogen-bond acceptors (Lipinski definition) is 3. The molecule has 2 N–H and O–H groups in total. The topological polar surface area (TPSA) is 69.6 Å². The summed E-state index contributed by atoms with van der Waals surface area (Å²) in [6.45, 7) is 2.74. The number of thioether (sulfide) groups is 1. The molecular weight excluding hydrogens is 276 g/mol. The summed E-state index contributed by atoms with van der Waals surface area (Å²) in [5.41, 5.74) is 0. The molecule has 1 aliphatic carbocycles. The fraction of sp³-hybridized carbons (Fsp3) is 0.857. The lowest BCUT2D eigenvalue weighted by molar-refractivity contribution is -0.138. The Morgan fingerprint density at radius 1 is 1.45 bits per heavy atom. The van der Waals surface area contributed by atoms with E-state index in [-0.39, 0.29) is 24.5 Å². The van der Waals surface area contributed by atoms with E-state index in [1.165, 1.54) is 12.8 Å². The fourth-order valence-electron chi connectivity index (χ4n) is 2.63. The van der Waals surface area contributed by atoms with Crippen molar-refractivity contribution in [3.05, 3.63) is 0 Å². The van der Waals surface area contributed by atoms with Crippen molar-refractivity contribution in [1.82, 2.24) is 10.2 Å². The van der Waals surface area contributed by atoms with Crippen LogP contribution in [0.25, 0.3) is 0 Å². The molecule has 1 aliphatic heterocycles. The second-order valence-electron chi connectivity index (χ2n) is 5.75. The van der Waals surface area contributed by atoms with Crippen molar-refractivity contribution in [3.63, 3.8) is 0 Å². The highest BCUT2D eigenvalue weighted by molar-refractivity contribution is 7.99. The summed E-state index contributed by atoms with van der Waals surface area (Å²) in [7, 11) is 0. The maximum absolute atomic E-state index is 12.4. The number of nitrogens with one attached hydrogen (secondary N) is 1. The Hall–Kier alpha value is -0.910. The summed E-state index contributed by atoms with van der Waals surface area (Å²) in [6, 6.07) is -0.0243. The molecule has 0 bridgehead atoms. The van der Waals surface area contributed by atoms with Crippen molar-refractivity contribution in [2.75, 3.05) is 18.1 Å². The van der Waals surface area contributed by atoms with Gasteiger partial charge in [-0.25, -0.2) is 4.79 Å². The van der Waals surface area contributed by atoms with E-state index < -0.39 is 5.97 Å². The lowest BCUT2D eigenvalue weighted by Crippen LogP contribution is -2.53. The van der Waals surface area contributed by atoms with Crippen molar-refractivity contribution in [2.24, 2.45) is 5.92 Å². The Labute approximate surface area is 124 Å². The molecule has 0 aromatic carbocycles. The molecule has 2 unspecified atom stereocenters. The minimum absolute atomic E-state index is 0.0415. The van der Waals surface area contributed by atoms with Gasteiger partial charge < -0.3 is 15.3 Å². The lowest BCUT2D eigenvalue weighted by Gasteiger charge is -2.35. The molecule has 1 saturated carbocycles. The molecule has 2 atom stereocenters. The standard InChI is InChI=1S/C14H24N2O3S/c1-2-11(7-10-3-4-10)15-14(19)16-5-6-20-9-12(16)8-13(17)18/h10-12H,2-9H2,1H3,(H,15,19)(H,17,18). The van der Waals surface area contributed by atoms with E-state index in [2.05, 4.69) is 12.2 Å². The monoisotopic (exact) mass is 300 g/mol. The number of carboxylic acid groups (broad SMARTS) is 1. The number of carboxylic acids is 1. The SMILES string of the molecule is CCC(CC1CC1)NC(=O)N1CCSCC1CC(=O)O. The molecule has 2 fully saturated rings. The smallest absolute Gasteiger partial charge is 0.317 e. The lowest BCUT2D eigenvalue weighted by atomic mass is 10.1. The van der Waals surface area contributed by atoms with Crippen LogP contribution in [0.15, 0.2) is 0 Å². The molecular formula is C14H24N2O3S. The number of carbonyl (C=O) groups is 2. The maximum Gasteiger partial charge on any atom is 0.317 e. The van der Waals surface area contributed by atoms with Crippen LogP contribution in [0, 0.1) is 5.92 Å². The van der Waals surface area contributed by atoms with Crippen LogP contribution in [0.2, 0.25) is 0 Å². The first kappa shape index (κ1) is 15.5. The number of nitrogens with zero attached hydrogens (tertiary/aromatic N) is 1. The third kappa shape index (κ3) is 4.58. The van der Waals surface area contributed by atoms with Crippen LogP contribution in [-0.4, -0.2) is 52.1 Å². The van der Waals surface area contributed by atoms with E-state index in [0.29, 0.717) is 6.54 Å². The number of hydrogen-bond donors (Lipinski definition) is 2. The Balaban J connectivity index is 1.88. The average Bonchev–Trinajstić information content (AvgIpc) is 3.21. The summed E-state index contributed by atoms with van der Waals surface area (Å²) < 4.78 is 0. The summed E-state index contributed by atoms with van der Waals surface area (Å²) in [6.07, 6.45) is 4.62. The quantitative estimate of drug-likeness (QED) is 0.789. The van der Waals surface area contributed by atoms with Gasteiger partial charge in [0.1, 0.15) is 0 Å². The highest BCUT2D eigenvalue weighted by Gasteiger charge is 2.31. The second-order valence-corrected chi connectivity index (χ2v) is 6.90.